The van der Waals surface area contributed by atoms with E-state index in [4.69, 9.17) is 9.68 Å². The Bertz CT molecular complexity index is 505. The van der Waals surface area contributed by atoms with Gasteiger partial charge in [0, 0.05) is 17.1 Å². The molecule has 0 N–H and O–H groups in total. The topological polar surface area (TPSA) is 49.8 Å². The molecule has 0 radical (unpaired) electrons. The molecular formula is C11H10N2O. The molecule has 3 heteroatoms. The van der Waals surface area contributed by atoms with Gasteiger partial charge in [-0.3, -0.25) is 4.98 Å². The minimum atomic E-state index is -0.521. The van der Waals surface area contributed by atoms with Crippen LogP contribution in [0, 0.1) is 11.3 Å². The zero-order valence-electron chi connectivity index (χ0n) is 8.11. The molecule has 2 rings (SSSR count). The van der Waals surface area contributed by atoms with Crippen molar-refractivity contribution in [3.63, 3.8) is 0 Å². The van der Waals surface area contributed by atoms with E-state index in [1.165, 1.54) is 0 Å². The van der Waals surface area contributed by atoms with Gasteiger partial charge >= 0.3 is 0 Å². The first-order valence-electron chi connectivity index (χ1n) is 4.38. The lowest BCUT2D eigenvalue weighted by atomic mass is 9.86. The van der Waals surface area contributed by atoms with Gasteiger partial charge in [0.1, 0.15) is 0 Å². The van der Waals surface area contributed by atoms with Crippen molar-refractivity contribution in [2.24, 2.45) is 0 Å². The Morgan fingerprint density at radius 1 is 1.50 bits per heavy atom. The van der Waals surface area contributed by atoms with Crippen molar-refractivity contribution in [2.45, 2.75) is 19.3 Å². The number of aromatic nitrogens is 1. The molecule has 0 bridgehead atoms. The Kier molecular flexibility index (Phi) is 1.78. The van der Waals surface area contributed by atoms with Crippen LogP contribution in [0.25, 0.3) is 11.0 Å². The molecule has 0 aliphatic carbocycles. The molecule has 0 aliphatic heterocycles. The van der Waals surface area contributed by atoms with Crippen LogP contribution >= 0.6 is 0 Å². The maximum atomic E-state index is 9.02. The fourth-order valence-electron chi connectivity index (χ4n) is 1.43. The van der Waals surface area contributed by atoms with Gasteiger partial charge in [0.2, 0.25) is 0 Å². The molecular weight excluding hydrogens is 176 g/mol. The summed E-state index contributed by atoms with van der Waals surface area (Å²) in [6, 6.07) is 4.12. The predicted octanol–water partition coefficient (Wildman–Crippen LogP) is 2.63. The molecule has 0 spiro atoms. The second-order valence-electron chi connectivity index (χ2n) is 3.76. The van der Waals surface area contributed by atoms with Crippen LogP contribution in [0.1, 0.15) is 19.4 Å². The smallest absolute Gasteiger partial charge is 0.152 e. The summed E-state index contributed by atoms with van der Waals surface area (Å²) in [7, 11) is 0. The Balaban J connectivity index is 2.72. The average molecular weight is 186 g/mol. The van der Waals surface area contributed by atoms with Gasteiger partial charge in [-0.1, -0.05) is 0 Å². The third kappa shape index (κ3) is 1.16. The lowest BCUT2D eigenvalue weighted by Crippen LogP contribution is -2.12. The van der Waals surface area contributed by atoms with Crippen LogP contribution in [0.4, 0.5) is 0 Å². The van der Waals surface area contributed by atoms with E-state index >= 15 is 0 Å². The van der Waals surface area contributed by atoms with E-state index in [-0.39, 0.29) is 0 Å². The normalized spacial score (nSPS) is 11.5. The van der Waals surface area contributed by atoms with Crippen molar-refractivity contribution >= 4 is 11.0 Å². The summed E-state index contributed by atoms with van der Waals surface area (Å²) in [5, 5.41) is 9.98. The molecule has 2 aromatic heterocycles. The summed E-state index contributed by atoms with van der Waals surface area (Å²) >= 11 is 0. The van der Waals surface area contributed by atoms with E-state index in [0.29, 0.717) is 0 Å². The van der Waals surface area contributed by atoms with Gasteiger partial charge in [0.25, 0.3) is 0 Å². The van der Waals surface area contributed by atoms with Gasteiger partial charge in [-0.25, -0.2) is 0 Å². The third-order valence-electron chi connectivity index (χ3n) is 2.33. The molecule has 0 aromatic carbocycles. The van der Waals surface area contributed by atoms with E-state index in [1.807, 2.05) is 19.9 Å². The molecule has 2 heterocycles. The van der Waals surface area contributed by atoms with Crippen molar-refractivity contribution in [3.05, 3.63) is 30.3 Å². The molecule has 0 atom stereocenters. The van der Waals surface area contributed by atoms with Gasteiger partial charge in [-0.15, -0.1) is 0 Å². The van der Waals surface area contributed by atoms with Crippen molar-refractivity contribution in [3.8, 4) is 6.07 Å². The zero-order valence-corrected chi connectivity index (χ0v) is 8.11. The van der Waals surface area contributed by atoms with Gasteiger partial charge in [-0.05, 0) is 19.9 Å². The lowest BCUT2D eigenvalue weighted by Gasteiger charge is -2.12. The summed E-state index contributed by atoms with van der Waals surface area (Å²) in [4.78, 5) is 3.96. The highest BCUT2D eigenvalue weighted by molar-refractivity contribution is 5.81. The third-order valence-corrected chi connectivity index (χ3v) is 2.33. The molecule has 14 heavy (non-hydrogen) atoms. The quantitative estimate of drug-likeness (QED) is 0.687. The van der Waals surface area contributed by atoms with Gasteiger partial charge in [0.05, 0.1) is 23.9 Å². The maximum Gasteiger partial charge on any atom is 0.152 e. The maximum absolute atomic E-state index is 9.02. The largest absolute Gasteiger partial charge is 0.462 e. The number of fused-ring (bicyclic) bond motifs is 1. The number of nitriles is 1. The highest BCUT2D eigenvalue weighted by atomic mass is 16.3. The average Bonchev–Trinajstić information content (AvgIpc) is 2.61. The fourth-order valence-corrected chi connectivity index (χ4v) is 1.43. The number of hydrogen-bond acceptors (Lipinski definition) is 3. The van der Waals surface area contributed by atoms with Crippen molar-refractivity contribution in [2.75, 3.05) is 0 Å². The molecule has 0 amide bonds. The zero-order chi connectivity index (χ0) is 10.2. The van der Waals surface area contributed by atoms with E-state index in [1.54, 1.807) is 18.7 Å². The molecule has 0 unspecified atom stereocenters. The molecule has 70 valence electrons. The van der Waals surface area contributed by atoms with E-state index in [0.717, 1.165) is 16.5 Å². The fraction of sp³-hybridized carbons (Fsp3) is 0.273. The standard InChI is InChI=1S/C11H10N2O/c1-11(2,7-12)9-6-14-10-5-13-4-3-8(9)10/h3-6H,1-2H3. The second-order valence-corrected chi connectivity index (χ2v) is 3.76. The Morgan fingerprint density at radius 2 is 2.29 bits per heavy atom. The molecule has 3 nitrogen and oxygen atoms in total. The Hall–Kier alpha value is -1.82. The van der Waals surface area contributed by atoms with Crippen molar-refractivity contribution < 1.29 is 4.42 Å². The number of hydrogen-bond donors (Lipinski definition) is 0. The van der Waals surface area contributed by atoms with Crippen LogP contribution in [0.2, 0.25) is 0 Å². The first-order chi connectivity index (χ1) is 6.65. The number of furan rings is 1. The Labute approximate surface area is 82.0 Å². The monoisotopic (exact) mass is 186 g/mol. The summed E-state index contributed by atoms with van der Waals surface area (Å²) in [5.41, 5.74) is 1.12. The minimum Gasteiger partial charge on any atom is -0.462 e. The predicted molar refractivity (Wildman–Crippen MR) is 52.6 cm³/mol. The van der Waals surface area contributed by atoms with Gasteiger partial charge in [-0.2, -0.15) is 5.26 Å². The van der Waals surface area contributed by atoms with Crippen LogP contribution in [0.5, 0.6) is 0 Å². The lowest BCUT2D eigenvalue weighted by molar-refractivity contribution is 0.590. The summed E-state index contributed by atoms with van der Waals surface area (Å²) < 4.78 is 5.32. The molecule has 2 aromatic rings. The SMILES string of the molecule is CC(C)(C#N)c1coc2cnccc12. The van der Waals surface area contributed by atoms with Crippen molar-refractivity contribution in [1.29, 1.82) is 5.26 Å². The molecule has 0 saturated carbocycles. The van der Waals surface area contributed by atoms with Crippen LogP contribution < -0.4 is 0 Å². The van der Waals surface area contributed by atoms with Crippen LogP contribution in [0.3, 0.4) is 0 Å². The van der Waals surface area contributed by atoms with E-state index in [2.05, 4.69) is 11.1 Å². The highest BCUT2D eigenvalue weighted by Crippen LogP contribution is 2.30. The van der Waals surface area contributed by atoms with E-state index < -0.39 is 5.41 Å². The number of pyridine rings is 1. The summed E-state index contributed by atoms with van der Waals surface area (Å²) in [6.07, 6.45) is 5.00. The summed E-state index contributed by atoms with van der Waals surface area (Å²) in [5.74, 6) is 0. The van der Waals surface area contributed by atoms with Crippen LogP contribution in [0.15, 0.2) is 29.1 Å². The number of nitrogens with zero attached hydrogens (tertiary/aromatic N) is 2. The van der Waals surface area contributed by atoms with Crippen LogP contribution in [-0.2, 0) is 5.41 Å². The first-order valence-corrected chi connectivity index (χ1v) is 4.38. The molecule has 0 saturated heterocycles. The highest BCUT2D eigenvalue weighted by Gasteiger charge is 2.24. The first kappa shape index (κ1) is 8.76. The molecule has 0 aliphatic rings. The van der Waals surface area contributed by atoms with Crippen molar-refractivity contribution in [1.82, 2.24) is 4.98 Å². The molecule has 0 fully saturated rings. The van der Waals surface area contributed by atoms with E-state index in [9.17, 15) is 0 Å². The van der Waals surface area contributed by atoms with Crippen LogP contribution in [-0.4, -0.2) is 4.98 Å². The Morgan fingerprint density at radius 3 is 3.00 bits per heavy atom. The number of rotatable bonds is 1. The minimum absolute atomic E-state index is 0.521. The van der Waals surface area contributed by atoms with Gasteiger partial charge in [0.15, 0.2) is 5.58 Å². The second kappa shape index (κ2) is 2.85. The van der Waals surface area contributed by atoms with Gasteiger partial charge < -0.3 is 4.42 Å². The summed E-state index contributed by atoms with van der Waals surface area (Å²) in [6.45, 7) is 3.75.